The van der Waals surface area contributed by atoms with Crippen LogP contribution in [-0.2, 0) is 0 Å². The Morgan fingerprint density at radius 3 is 2.33 bits per heavy atom. The highest BCUT2D eigenvalue weighted by atomic mass is 16.5. The quantitative estimate of drug-likeness (QED) is 0.648. The third kappa shape index (κ3) is 4.11. The van der Waals surface area contributed by atoms with Gasteiger partial charge in [-0.2, -0.15) is 4.98 Å². The molecule has 2 N–H and O–H groups in total. The second kappa shape index (κ2) is 7.95. The lowest BCUT2D eigenvalue weighted by atomic mass is 10.2. The molecule has 0 bridgehead atoms. The molecule has 140 valence electrons. The molecular weight excluding hydrogens is 340 g/mol. The number of rotatable bonds is 6. The summed E-state index contributed by atoms with van der Waals surface area (Å²) in [5, 5.41) is 6.62. The first-order chi connectivity index (χ1) is 13.0. The zero-order chi connectivity index (χ0) is 19.4. The molecule has 0 aliphatic rings. The topological polar surface area (TPSA) is 68.3 Å². The van der Waals surface area contributed by atoms with Crippen LogP contribution in [0.1, 0.15) is 16.7 Å². The first kappa shape index (κ1) is 18.5. The molecule has 0 radical (unpaired) electrons. The largest absolute Gasteiger partial charge is 0.493 e. The van der Waals surface area contributed by atoms with Crippen LogP contribution in [0.2, 0.25) is 0 Å². The molecule has 27 heavy (non-hydrogen) atoms. The summed E-state index contributed by atoms with van der Waals surface area (Å²) in [6.45, 7) is 6.00. The van der Waals surface area contributed by atoms with Crippen LogP contribution in [0.4, 0.5) is 23.1 Å². The molecule has 3 rings (SSSR count). The van der Waals surface area contributed by atoms with E-state index < -0.39 is 0 Å². The molecular formula is C21H24N4O2. The Labute approximate surface area is 159 Å². The standard InChI is InChI=1S/C21H24N4O2/c1-13-8-6-7-9-17(13)24-20-15(3)12-22-21(25-20)23-16-10-14(2)19(27-5)18(11-16)26-4/h6-12H,1-5H3,(H2,22,23,24,25). The third-order valence-corrected chi connectivity index (χ3v) is 4.29. The van der Waals surface area contributed by atoms with E-state index in [1.54, 1.807) is 20.4 Å². The smallest absolute Gasteiger partial charge is 0.229 e. The van der Waals surface area contributed by atoms with Crippen molar-refractivity contribution >= 4 is 23.1 Å². The maximum atomic E-state index is 5.41. The number of nitrogens with zero attached hydrogens (tertiary/aromatic N) is 2. The predicted molar refractivity (Wildman–Crippen MR) is 109 cm³/mol. The number of para-hydroxylation sites is 1. The van der Waals surface area contributed by atoms with E-state index in [1.807, 2.05) is 44.2 Å². The van der Waals surface area contributed by atoms with Crippen molar-refractivity contribution in [3.05, 3.63) is 59.3 Å². The maximum Gasteiger partial charge on any atom is 0.229 e. The minimum Gasteiger partial charge on any atom is -0.493 e. The summed E-state index contributed by atoms with van der Waals surface area (Å²) in [4.78, 5) is 9.02. The molecule has 2 aromatic carbocycles. The monoisotopic (exact) mass is 364 g/mol. The van der Waals surface area contributed by atoms with E-state index in [1.165, 1.54) is 0 Å². The summed E-state index contributed by atoms with van der Waals surface area (Å²) in [6, 6.07) is 11.9. The van der Waals surface area contributed by atoms with Gasteiger partial charge in [0, 0.05) is 29.2 Å². The van der Waals surface area contributed by atoms with Crippen LogP contribution in [0.25, 0.3) is 0 Å². The van der Waals surface area contributed by atoms with Crippen molar-refractivity contribution in [2.45, 2.75) is 20.8 Å². The molecule has 1 heterocycles. The number of aromatic nitrogens is 2. The molecule has 0 fully saturated rings. The van der Waals surface area contributed by atoms with Crippen molar-refractivity contribution < 1.29 is 9.47 Å². The molecule has 0 saturated carbocycles. The van der Waals surface area contributed by atoms with Gasteiger partial charge in [0.2, 0.25) is 5.95 Å². The zero-order valence-electron chi connectivity index (χ0n) is 16.3. The Bertz CT molecular complexity index is 957. The van der Waals surface area contributed by atoms with Gasteiger partial charge in [-0.25, -0.2) is 4.98 Å². The van der Waals surface area contributed by atoms with E-state index in [-0.39, 0.29) is 0 Å². The lowest BCUT2D eigenvalue weighted by Crippen LogP contribution is -2.04. The molecule has 1 aromatic heterocycles. The maximum absolute atomic E-state index is 5.41. The lowest BCUT2D eigenvalue weighted by molar-refractivity contribution is 0.353. The SMILES string of the molecule is COc1cc(Nc2ncc(C)c(Nc3ccccc3C)n2)cc(C)c1OC. The van der Waals surface area contributed by atoms with Crippen molar-refractivity contribution in [1.82, 2.24) is 9.97 Å². The van der Waals surface area contributed by atoms with Gasteiger partial charge in [-0.1, -0.05) is 18.2 Å². The van der Waals surface area contributed by atoms with Gasteiger partial charge in [0.05, 0.1) is 14.2 Å². The summed E-state index contributed by atoms with van der Waals surface area (Å²) < 4.78 is 10.8. The normalized spacial score (nSPS) is 10.4. The fourth-order valence-corrected chi connectivity index (χ4v) is 2.83. The molecule has 0 atom stereocenters. The molecule has 3 aromatic rings. The molecule has 0 unspecified atom stereocenters. The molecule has 6 nitrogen and oxygen atoms in total. The zero-order valence-corrected chi connectivity index (χ0v) is 16.3. The van der Waals surface area contributed by atoms with Crippen molar-refractivity contribution in [3.8, 4) is 11.5 Å². The average molecular weight is 364 g/mol. The van der Waals surface area contributed by atoms with Crippen LogP contribution in [0.3, 0.4) is 0 Å². The van der Waals surface area contributed by atoms with E-state index in [0.29, 0.717) is 11.7 Å². The van der Waals surface area contributed by atoms with E-state index in [9.17, 15) is 0 Å². The minimum absolute atomic E-state index is 0.503. The van der Waals surface area contributed by atoms with Gasteiger partial charge in [0.1, 0.15) is 5.82 Å². The highest BCUT2D eigenvalue weighted by Gasteiger charge is 2.11. The van der Waals surface area contributed by atoms with Gasteiger partial charge < -0.3 is 20.1 Å². The Morgan fingerprint density at radius 1 is 0.852 bits per heavy atom. The minimum atomic E-state index is 0.503. The van der Waals surface area contributed by atoms with Crippen LogP contribution in [0.5, 0.6) is 11.5 Å². The van der Waals surface area contributed by atoms with E-state index in [4.69, 9.17) is 9.47 Å². The van der Waals surface area contributed by atoms with E-state index in [0.717, 1.165) is 39.6 Å². The molecule has 0 aliphatic carbocycles. The Morgan fingerprint density at radius 2 is 1.63 bits per heavy atom. The number of ether oxygens (including phenoxy) is 2. The van der Waals surface area contributed by atoms with Crippen LogP contribution < -0.4 is 20.1 Å². The molecule has 0 aliphatic heterocycles. The van der Waals surface area contributed by atoms with Crippen molar-refractivity contribution in [3.63, 3.8) is 0 Å². The van der Waals surface area contributed by atoms with Gasteiger partial charge in [-0.05, 0) is 44.0 Å². The first-order valence-electron chi connectivity index (χ1n) is 8.67. The van der Waals surface area contributed by atoms with Crippen LogP contribution >= 0.6 is 0 Å². The number of hydrogen-bond donors (Lipinski definition) is 2. The summed E-state index contributed by atoms with van der Waals surface area (Å²) >= 11 is 0. The fourth-order valence-electron chi connectivity index (χ4n) is 2.83. The predicted octanol–water partition coefficient (Wildman–Crippen LogP) is 4.91. The lowest BCUT2D eigenvalue weighted by Gasteiger charge is -2.15. The molecule has 0 amide bonds. The Hall–Kier alpha value is -3.28. The van der Waals surface area contributed by atoms with Crippen LogP contribution in [0, 0.1) is 20.8 Å². The van der Waals surface area contributed by atoms with E-state index in [2.05, 4.69) is 33.6 Å². The number of nitrogens with one attached hydrogen (secondary N) is 2. The number of methoxy groups -OCH3 is 2. The summed E-state index contributed by atoms with van der Waals surface area (Å²) in [5.41, 5.74) is 4.93. The Kier molecular flexibility index (Phi) is 5.45. The highest BCUT2D eigenvalue weighted by molar-refractivity contribution is 5.66. The van der Waals surface area contributed by atoms with Gasteiger partial charge >= 0.3 is 0 Å². The van der Waals surface area contributed by atoms with E-state index >= 15 is 0 Å². The Balaban J connectivity index is 1.88. The summed E-state index contributed by atoms with van der Waals surface area (Å²) in [5.74, 6) is 2.64. The number of anilines is 4. The second-order valence-electron chi connectivity index (χ2n) is 6.32. The van der Waals surface area contributed by atoms with Crippen LogP contribution in [-0.4, -0.2) is 24.2 Å². The van der Waals surface area contributed by atoms with Crippen molar-refractivity contribution in [2.24, 2.45) is 0 Å². The average Bonchev–Trinajstić information content (AvgIpc) is 2.65. The van der Waals surface area contributed by atoms with Crippen molar-refractivity contribution in [2.75, 3.05) is 24.9 Å². The highest BCUT2D eigenvalue weighted by Crippen LogP contribution is 2.34. The number of benzene rings is 2. The first-order valence-corrected chi connectivity index (χ1v) is 8.67. The fraction of sp³-hybridized carbons (Fsp3) is 0.238. The number of hydrogen-bond acceptors (Lipinski definition) is 6. The second-order valence-corrected chi connectivity index (χ2v) is 6.32. The number of aryl methyl sites for hydroxylation is 3. The van der Waals surface area contributed by atoms with Gasteiger partial charge in [0.25, 0.3) is 0 Å². The third-order valence-electron chi connectivity index (χ3n) is 4.29. The molecule has 0 saturated heterocycles. The van der Waals surface area contributed by atoms with Gasteiger partial charge in [-0.3, -0.25) is 0 Å². The van der Waals surface area contributed by atoms with Gasteiger partial charge in [-0.15, -0.1) is 0 Å². The van der Waals surface area contributed by atoms with Gasteiger partial charge in [0.15, 0.2) is 11.5 Å². The van der Waals surface area contributed by atoms with Crippen molar-refractivity contribution in [1.29, 1.82) is 0 Å². The molecule has 6 heteroatoms. The molecule has 0 spiro atoms. The summed E-state index contributed by atoms with van der Waals surface area (Å²) in [7, 11) is 3.25. The summed E-state index contributed by atoms with van der Waals surface area (Å²) in [6.07, 6.45) is 1.80. The van der Waals surface area contributed by atoms with Crippen LogP contribution in [0.15, 0.2) is 42.6 Å².